The summed E-state index contributed by atoms with van der Waals surface area (Å²) >= 11 is 0. The van der Waals surface area contributed by atoms with E-state index in [1.807, 2.05) is 0 Å². The lowest BCUT2D eigenvalue weighted by Gasteiger charge is -2.45. The lowest BCUT2D eigenvalue weighted by atomic mass is 9.97. The number of benzene rings is 3. The second-order valence-electron chi connectivity index (χ2n) is 13.2. The monoisotopic (exact) mass is 816 g/mol. The van der Waals surface area contributed by atoms with Crippen LogP contribution < -0.4 is 19.6 Å². The van der Waals surface area contributed by atoms with Crippen LogP contribution in [0, 0.1) is 0 Å². The van der Waals surface area contributed by atoms with Crippen LogP contribution in [0.1, 0.15) is 5.56 Å². The highest BCUT2D eigenvalue weighted by molar-refractivity contribution is 5.88. The van der Waals surface area contributed by atoms with Crippen LogP contribution >= 0.6 is 0 Å². The van der Waals surface area contributed by atoms with E-state index in [0.717, 1.165) is 18.2 Å². The van der Waals surface area contributed by atoms with Gasteiger partial charge in [-0.15, -0.1) is 0 Å². The molecule has 58 heavy (non-hydrogen) atoms. The van der Waals surface area contributed by atoms with Crippen molar-refractivity contribution >= 4 is 23.0 Å². The molecule has 0 unspecified atom stereocenters. The summed E-state index contributed by atoms with van der Waals surface area (Å²) in [6, 6.07) is 9.91. The lowest BCUT2D eigenvalue weighted by Crippen LogP contribution is -2.65. The van der Waals surface area contributed by atoms with Gasteiger partial charge in [0, 0.05) is 23.8 Å². The van der Waals surface area contributed by atoms with Gasteiger partial charge < -0.3 is 88.6 Å². The molecule has 2 fully saturated rings. The quantitative estimate of drug-likeness (QED) is 0.0640. The van der Waals surface area contributed by atoms with Gasteiger partial charge in [0.1, 0.15) is 77.6 Å². The zero-order valence-corrected chi connectivity index (χ0v) is 30.5. The number of carbonyl (C=O) groups excluding carboxylic acids is 1. The average molecular weight is 817 g/mol. The van der Waals surface area contributed by atoms with Crippen molar-refractivity contribution in [3.8, 4) is 51.6 Å². The van der Waals surface area contributed by atoms with Crippen LogP contribution in [-0.4, -0.2) is 146 Å². The Morgan fingerprint density at radius 1 is 0.776 bits per heavy atom. The Morgan fingerprint density at radius 3 is 2.05 bits per heavy atom. The van der Waals surface area contributed by atoms with Crippen molar-refractivity contribution in [1.82, 2.24) is 0 Å². The number of hydrogen-bond donors (Lipinski definition) is 10. The molecule has 0 bridgehead atoms. The summed E-state index contributed by atoms with van der Waals surface area (Å²) in [5, 5.41) is 104. The van der Waals surface area contributed by atoms with E-state index >= 15 is 0 Å². The number of rotatable bonds is 12. The third kappa shape index (κ3) is 8.45. The van der Waals surface area contributed by atoms with Crippen molar-refractivity contribution < 1.29 is 93.4 Å². The fourth-order valence-electron chi connectivity index (χ4n) is 6.30. The van der Waals surface area contributed by atoms with Crippen LogP contribution in [-0.2, 0) is 23.7 Å². The Balaban J connectivity index is 1.26. The molecule has 3 aromatic carbocycles. The second kappa shape index (κ2) is 17.4. The van der Waals surface area contributed by atoms with E-state index in [2.05, 4.69) is 0 Å². The van der Waals surface area contributed by atoms with E-state index in [1.165, 1.54) is 56.7 Å². The first kappa shape index (κ1) is 41.9. The summed E-state index contributed by atoms with van der Waals surface area (Å²) in [7, 11) is 2.63. The van der Waals surface area contributed by atoms with Crippen molar-refractivity contribution in [2.45, 2.75) is 61.4 Å². The first-order valence-electron chi connectivity index (χ1n) is 17.4. The molecule has 2 aliphatic rings. The number of phenols is 4. The van der Waals surface area contributed by atoms with Gasteiger partial charge in [-0.25, -0.2) is 4.79 Å². The summed E-state index contributed by atoms with van der Waals surface area (Å²) < 4.78 is 44.4. The fourth-order valence-corrected chi connectivity index (χ4v) is 6.30. The first-order chi connectivity index (χ1) is 27.6. The molecule has 312 valence electrons. The number of esters is 1. The third-order valence-electron chi connectivity index (χ3n) is 9.37. The molecule has 3 heterocycles. The number of aliphatic hydroxyl groups excluding tert-OH is 6. The molecule has 4 aromatic rings. The summed E-state index contributed by atoms with van der Waals surface area (Å²) in [6.07, 6.45) is -16.5. The zero-order valence-electron chi connectivity index (χ0n) is 30.5. The minimum Gasteiger partial charge on any atom is -0.508 e. The van der Waals surface area contributed by atoms with Crippen molar-refractivity contribution in [1.29, 1.82) is 0 Å². The fraction of sp³-hybridized carbons (Fsp3) is 0.368. The minimum absolute atomic E-state index is 0.0594. The van der Waals surface area contributed by atoms with Crippen LogP contribution in [0.4, 0.5) is 0 Å². The highest BCUT2D eigenvalue weighted by Gasteiger charge is 2.52. The molecule has 0 amide bonds. The average Bonchev–Trinajstić information content (AvgIpc) is 3.20. The van der Waals surface area contributed by atoms with Crippen molar-refractivity contribution in [3.05, 3.63) is 70.4 Å². The molecule has 0 spiro atoms. The molecule has 6 rings (SSSR count). The number of phenolic OH excluding ortho intramolecular Hbond substituents is 4. The summed E-state index contributed by atoms with van der Waals surface area (Å²) in [5.74, 6) is -3.44. The normalized spacial score (nSPS) is 27.4. The van der Waals surface area contributed by atoms with Crippen molar-refractivity contribution in [2.75, 3.05) is 27.4 Å². The molecule has 10 atom stereocenters. The smallest absolute Gasteiger partial charge is 0.330 e. The number of hydrogen-bond acceptors (Lipinski definition) is 20. The summed E-state index contributed by atoms with van der Waals surface area (Å²) in [5.41, 5.74) is -0.821. The highest BCUT2D eigenvalue weighted by Crippen LogP contribution is 2.39. The van der Waals surface area contributed by atoms with Gasteiger partial charge in [-0.05, 0) is 48.0 Å². The lowest BCUT2D eigenvalue weighted by molar-refractivity contribution is -0.358. The van der Waals surface area contributed by atoms with E-state index in [9.17, 15) is 60.7 Å². The van der Waals surface area contributed by atoms with Gasteiger partial charge in [0.05, 0.1) is 20.8 Å². The van der Waals surface area contributed by atoms with Crippen LogP contribution in [0.25, 0.3) is 28.4 Å². The maximum atomic E-state index is 14.0. The van der Waals surface area contributed by atoms with Gasteiger partial charge in [-0.1, -0.05) is 0 Å². The first-order valence-corrected chi connectivity index (χ1v) is 17.4. The van der Waals surface area contributed by atoms with E-state index in [1.54, 1.807) is 0 Å². The number of fused-ring (bicyclic) bond motifs is 1. The topological polar surface area (TPSA) is 314 Å². The number of ether oxygens (including phenoxy) is 7. The maximum absolute atomic E-state index is 14.0. The zero-order chi connectivity index (χ0) is 42.0. The molecule has 2 aliphatic heterocycles. The molecular weight excluding hydrogens is 776 g/mol. The molecule has 10 N–H and O–H groups in total. The van der Waals surface area contributed by atoms with Crippen molar-refractivity contribution in [3.63, 3.8) is 0 Å². The van der Waals surface area contributed by atoms with E-state index in [-0.39, 0.29) is 39.9 Å². The van der Waals surface area contributed by atoms with Gasteiger partial charge in [-0.3, -0.25) is 4.79 Å². The van der Waals surface area contributed by atoms with E-state index in [4.69, 9.17) is 37.6 Å². The molecule has 0 saturated carbocycles. The minimum atomic E-state index is -2.05. The van der Waals surface area contributed by atoms with E-state index in [0.29, 0.717) is 5.56 Å². The Bertz CT molecular complexity index is 2160. The Labute approximate surface area is 327 Å². The van der Waals surface area contributed by atoms with Crippen LogP contribution in [0.3, 0.4) is 0 Å². The maximum Gasteiger partial charge on any atom is 0.330 e. The molecule has 2 saturated heterocycles. The summed E-state index contributed by atoms with van der Waals surface area (Å²) in [6.45, 7) is -1.60. The summed E-state index contributed by atoms with van der Waals surface area (Å²) in [4.78, 5) is 26.6. The largest absolute Gasteiger partial charge is 0.508 e. The molecular formula is C38H40O20. The molecule has 0 aliphatic carbocycles. The standard InChI is InChI=1S/C38H40O20/c1-51-21-9-15(10-22(52-2)27(21)44)3-8-25(43)53-14-24-29(46)31(48)33(50)37(56-24)58-36-32(49)28(45)23(13-39)55-38(36)57-35-30(47)26-19(42)11-18(41)12-20(26)54-34(35)16-4-6-17(40)7-5-16/h3-12,23-24,28-29,31-33,36-42,44-46,48-50H,13-14H2,1-2H3/t23-,24+,28+,29+,31+,32-,33-,36+,37-,38-/m0/s1. The van der Waals surface area contributed by atoms with Crippen LogP contribution in [0.2, 0.25) is 0 Å². The van der Waals surface area contributed by atoms with E-state index < -0.39 is 109 Å². The number of aromatic hydroxyl groups is 4. The van der Waals surface area contributed by atoms with Gasteiger partial charge in [0.15, 0.2) is 29.7 Å². The Hall–Kier alpha value is -5.68. The Morgan fingerprint density at radius 2 is 1.41 bits per heavy atom. The molecule has 20 nitrogen and oxygen atoms in total. The van der Waals surface area contributed by atoms with Crippen LogP contribution in [0.15, 0.2) is 63.8 Å². The Kier molecular flexibility index (Phi) is 12.6. The predicted molar refractivity (Wildman–Crippen MR) is 194 cm³/mol. The third-order valence-corrected chi connectivity index (χ3v) is 9.37. The van der Waals surface area contributed by atoms with Gasteiger partial charge in [0.2, 0.25) is 23.2 Å². The molecule has 1 aromatic heterocycles. The number of carbonyl (C=O) groups is 1. The SMILES string of the molecule is COc1cc(C=CC(=O)OC[C@H]2O[C@@H](O[C@H]3[C@H](Oc4c(-c5ccc(O)cc5)oc5cc(O)cc(O)c5c4=O)O[C@@H](CO)[C@@H](O)[C@@H]3O)[C@@H](O)[C@H](O)[C@@H]2O)cc(OC)c1O. The van der Waals surface area contributed by atoms with Gasteiger partial charge >= 0.3 is 5.97 Å². The highest BCUT2D eigenvalue weighted by atomic mass is 16.8. The molecule has 20 heteroatoms. The van der Waals surface area contributed by atoms with Gasteiger partial charge in [0.25, 0.3) is 0 Å². The van der Waals surface area contributed by atoms with Crippen LogP contribution in [0.5, 0.6) is 40.2 Å². The number of methoxy groups -OCH3 is 2. The number of aliphatic hydroxyl groups is 6. The molecule has 0 radical (unpaired) electrons. The second-order valence-corrected chi connectivity index (χ2v) is 13.2. The van der Waals surface area contributed by atoms with Gasteiger partial charge in [-0.2, -0.15) is 0 Å². The predicted octanol–water partition coefficient (Wildman–Crippen LogP) is -0.433. The van der Waals surface area contributed by atoms with Crippen molar-refractivity contribution in [2.24, 2.45) is 0 Å².